The lowest BCUT2D eigenvalue weighted by atomic mass is 10.2. The summed E-state index contributed by atoms with van der Waals surface area (Å²) >= 11 is 0. The fourth-order valence-electron chi connectivity index (χ4n) is 2.11. The Morgan fingerprint density at radius 3 is 2.65 bits per heavy atom. The summed E-state index contributed by atoms with van der Waals surface area (Å²) < 4.78 is 16.8. The molecule has 0 aliphatic carbocycles. The highest BCUT2D eigenvalue weighted by Crippen LogP contribution is 2.31. The van der Waals surface area contributed by atoms with Crippen molar-refractivity contribution in [2.24, 2.45) is 0 Å². The van der Waals surface area contributed by atoms with Gasteiger partial charge in [-0.05, 0) is 23.8 Å². The normalized spacial score (nSPS) is 13.1. The standard InChI is InChI=1S/C16H16O4/c17-10-13-3-1-2-4-14(13)20-11-12-5-6-15-16(9-12)19-8-7-18-15/h1-6,9,17H,7-8,10-11H2. The first-order valence-corrected chi connectivity index (χ1v) is 6.57. The van der Waals surface area contributed by atoms with Crippen molar-refractivity contribution in [1.29, 1.82) is 0 Å². The lowest BCUT2D eigenvalue weighted by Crippen LogP contribution is -2.15. The van der Waals surface area contributed by atoms with Crippen LogP contribution < -0.4 is 14.2 Å². The van der Waals surface area contributed by atoms with Gasteiger partial charge in [-0.1, -0.05) is 24.3 Å². The van der Waals surface area contributed by atoms with E-state index in [-0.39, 0.29) is 6.61 Å². The summed E-state index contributed by atoms with van der Waals surface area (Å²) in [4.78, 5) is 0. The highest BCUT2D eigenvalue weighted by Gasteiger charge is 2.12. The lowest BCUT2D eigenvalue weighted by Gasteiger charge is -2.19. The van der Waals surface area contributed by atoms with Crippen LogP contribution >= 0.6 is 0 Å². The molecule has 1 aliphatic rings. The fourth-order valence-corrected chi connectivity index (χ4v) is 2.11. The number of aliphatic hydroxyl groups excluding tert-OH is 1. The zero-order valence-corrected chi connectivity index (χ0v) is 11.0. The fraction of sp³-hybridized carbons (Fsp3) is 0.250. The van der Waals surface area contributed by atoms with Crippen molar-refractivity contribution in [3.8, 4) is 17.2 Å². The van der Waals surface area contributed by atoms with Gasteiger partial charge in [-0.15, -0.1) is 0 Å². The molecule has 0 saturated carbocycles. The average Bonchev–Trinajstić information content (AvgIpc) is 2.53. The van der Waals surface area contributed by atoms with E-state index in [9.17, 15) is 5.11 Å². The lowest BCUT2D eigenvalue weighted by molar-refractivity contribution is 0.171. The van der Waals surface area contributed by atoms with Crippen LogP contribution in [0.3, 0.4) is 0 Å². The summed E-state index contributed by atoms with van der Waals surface area (Å²) in [7, 11) is 0. The SMILES string of the molecule is OCc1ccccc1OCc1ccc2c(c1)OCCO2. The van der Waals surface area contributed by atoms with Crippen molar-refractivity contribution in [2.45, 2.75) is 13.2 Å². The van der Waals surface area contributed by atoms with E-state index in [1.54, 1.807) is 0 Å². The van der Waals surface area contributed by atoms with Crippen LogP contribution in [0.4, 0.5) is 0 Å². The van der Waals surface area contributed by atoms with Gasteiger partial charge in [-0.2, -0.15) is 0 Å². The summed E-state index contributed by atoms with van der Waals surface area (Å²) in [6.45, 7) is 1.56. The van der Waals surface area contributed by atoms with Crippen LogP contribution in [-0.2, 0) is 13.2 Å². The molecule has 0 amide bonds. The molecule has 0 saturated heterocycles. The van der Waals surface area contributed by atoms with Crippen molar-refractivity contribution < 1.29 is 19.3 Å². The second-order valence-corrected chi connectivity index (χ2v) is 4.53. The molecule has 0 fully saturated rings. The van der Waals surface area contributed by atoms with E-state index in [0.29, 0.717) is 25.6 Å². The molecule has 104 valence electrons. The number of benzene rings is 2. The minimum atomic E-state index is -0.0304. The monoisotopic (exact) mass is 272 g/mol. The van der Waals surface area contributed by atoms with Crippen molar-refractivity contribution in [3.63, 3.8) is 0 Å². The second kappa shape index (κ2) is 5.84. The molecule has 0 radical (unpaired) electrons. The number of hydrogen-bond donors (Lipinski definition) is 1. The Balaban J connectivity index is 1.72. The first-order valence-electron chi connectivity index (χ1n) is 6.57. The Hall–Kier alpha value is -2.20. The number of para-hydroxylation sites is 1. The van der Waals surface area contributed by atoms with Crippen molar-refractivity contribution in [1.82, 2.24) is 0 Å². The molecule has 2 aromatic carbocycles. The maximum Gasteiger partial charge on any atom is 0.161 e. The molecule has 0 atom stereocenters. The van der Waals surface area contributed by atoms with E-state index in [4.69, 9.17) is 14.2 Å². The Morgan fingerprint density at radius 1 is 1.00 bits per heavy atom. The van der Waals surface area contributed by atoms with Crippen molar-refractivity contribution in [2.75, 3.05) is 13.2 Å². The third kappa shape index (κ3) is 2.70. The minimum Gasteiger partial charge on any atom is -0.489 e. The van der Waals surface area contributed by atoms with Crippen molar-refractivity contribution in [3.05, 3.63) is 53.6 Å². The molecule has 0 aromatic heterocycles. The molecule has 1 N–H and O–H groups in total. The molecule has 4 heteroatoms. The summed E-state index contributed by atoms with van der Waals surface area (Å²) in [5, 5.41) is 9.26. The summed E-state index contributed by atoms with van der Waals surface area (Å²) in [6, 6.07) is 13.2. The van der Waals surface area contributed by atoms with Gasteiger partial charge in [0.1, 0.15) is 25.6 Å². The molecule has 2 aromatic rings. The third-order valence-corrected chi connectivity index (χ3v) is 3.14. The van der Waals surface area contributed by atoms with Gasteiger partial charge in [0.15, 0.2) is 11.5 Å². The first-order chi connectivity index (χ1) is 9.86. The molecule has 20 heavy (non-hydrogen) atoms. The Kier molecular flexibility index (Phi) is 3.74. The zero-order valence-electron chi connectivity index (χ0n) is 11.0. The van der Waals surface area contributed by atoms with Gasteiger partial charge in [0.05, 0.1) is 6.61 Å². The highest BCUT2D eigenvalue weighted by molar-refractivity contribution is 5.44. The van der Waals surface area contributed by atoms with Gasteiger partial charge in [0.2, 0.25) is 0 Å². The Bertz CT molecular complexity index is 595. The summed E-state index contributed by atoms with van der Waals surface area (Å²) in [6.07, 6.45) is 0. The van der Waals surface area contributed by atoms with Crippen LogP contribution in [0.5, 0.6) is 17.2 Å². The van der Waals surface area contributed by atoms with Gasteiger partial charge >= 0.3 is 0 Å². The van der Waals surface area contributed by atoms with E-state index in [0.717, 1.165) is 22.6 Å². The van der Waals surface area contributed by atoms with Gasteiger partial charge in [0.25, 0.3) is 0 Å². The Labute approximate surface area is 117 Å². The van der Waals surface area contributed by atoms with Crippen LogP contribution in [0.2, 0.25) is 0 Å². The number of fused-ring (bicyclic) bond motifs is 1. The van der Waals surface area contributed by atoms with E-state index in [1.165, 1.54) is 0 Å². The van der Waals surface area contributed by atoms with Crippen LogP contribution in [0.15, 0.2) is 42.5 Å². The first kappa shape index (κ1) is 12.8. The van der Waals surface area contributed by atoms with Crippen molar-refractivity contribution >= 4 is 0 Å². The number of rotatable bonds is 4. The average molecular weight is 272 g/mol. The molecule has 0 unspecified atom stereocenters. The summed E-state index contributed by atoms with van der Waals surface area (Å²) in [5.74, 6) is 2.23. The zero-order chi connectivity index (χ0) is 13.8. The maximum atomic E-state index is 9.26. The molecular weight excluding hydrogens is 256 g/mol. The number of ether oxygens (including phenoxy) is 3. The van der Waals surface area contributed by atoms with Gasteiger partial charge in [0, 0.05) is 5.56 Å². The smallest absolute Gasteiger partial charge is 0.161 e. The van der Waals surface area contributed by atoms with Gasteiger partial charge < -0.3 is 19.3 Å². The molecule has 1 heterocycles. The van der Waals surface area contributed by atoms with E-state index >= 15 is 0 Å². The van der Waals surface area contributed by atoms with Gasteiger partial charge in [-0.3, -0.25) is 0 Å². The predicted molar refractivity (Wildman–Crippen MR) is 74.1 cm³/mol. The highest BCUT2D eigenvalue weighted by atomic mass is 16.6. The third-order valence-electron chi connectivity index (χ3n) is 3.14. The van der Waals surface area contributed by atoms with E-state index < -0.39 is 0 Å². The van der Waals surface area contributed by atoms with Crippen LogP contribution in [0, 0.1) is 0 Å². The quantitative estimate of drug-likeness (QED) is 0.929. The topological polar surface area (TPSA) is 47.9 Å². The molecule has 3 rings (SSSR count). The van der Waals surface area contributed by atoms with E-state index in [1.807, 2.05) is 42.5 Å². The second-order valence-electron chi connectivity index (χ2n) is 4.53. The van der Waals surface area contributed by atoms with Crippen LogP contribution in [0.1, 0.15) is 11.1 Å². The largest absolute Gasteiger partial charge is 0.489 e. The minimum absolute atomic E-state index is 0.0304. The number of hydrogen-bond acceptors (Lipinski definition) is 4. The molecule has 1 aliphatic heterocycles. The predicted octanol–water partition coefficient (Wildman–Crippen LogP) is 2.53. The number of aliphatic hydroxyl groups is 1. The molecule has 4 nitrogen and oxygen atoms in total. The molecule has 0 spiro atoms. The summed E-state index contributed by atoms with van der Waals surface area (Å²) in [5.41, 5.74) is 1.78. The van der Waals surface area contributed by atoms with Crippen LogP contribution in [-0.4, -0.2) is 18.3 Å². The Morgan fingerprint density at radius 2 is 1.80 bits per heavy atom. The maximum absolute atomic E-state index is 9.26. The molecular formula is C16H16O4. The van der Waals surface area contributed by atoms with Gasteiger partial charge in [-0.25, -0.2) is 0 Å². The molecule has 0 bridgehead atoms. The van der Waals surface area contributed by atoms with E-state index in [2.05, 4.69) is 0 Å². The van der Waals surface area contributed by atoms with Crippen LogP contribution in [0.25, 0.3) is 0 Å².